The predicted molar refractivity (Wildman–Crippen MR) is 91.0 cm³/mol. The van der Waals surface area contributed by atoms with E-state index in [1.165, 1.54) is 12.1 Å². The van der Waals surface area contributed by atoms with Gasteiger partial charge in [0.1, 0.15) is 5.75 Å². The fourth-order valence-corrected chi connectivity index (χ4v) is 2.92. The van der Waals surface area contributed by atoms with E-state index >= 15 is 0 Å². The molecular formula is C17H14F3N3O2S. The third-order valence-corrected chi connectivity index (χ3v) is 4.10. The Morgan fingerprint density at radius 3 is 2.85 bits per heavy atom. The number of alkyl halides is 3. The van der Waals surface area contributed by atoms with Crippen LogP contribution in [-0.2, 0) is 6.54 Å². The molecule has 0 saturated heterocycles. The second kappa shape index (κ2) is 7.61. The Hall–Kier alpha value is -2.81. The molecule has 5 nitrogen and oxygen atoms in total. The number of benzene rings is 1. The summed E-state index contributed by atoms with van der Waals surface area (Å²) >= 11 is 1.58. The van der Waals surface area contributed by atoms with E-state index in [1.807, 2.05) is 22.9 Å². The van der Waals surface area contributed by atoms with Gasteiger partial charge < -0.3 is 10.1 Å². The standard InChI is InChI=1S/C17H14F3N3O2S/c18-17(19,20)25-14-3-1-2-12(10-14)16(24)21-6-8-23-7-4-15(22-23)13-5-9-26-11-13/h1-5,7,9-11H,6,8H2,(H,21,24). The van der Waals surface area contributed by atoms with Crippen molar-refractivity contribution in [1.82, 2.24) is 15.1 Å². The predicted octanol–water partition coefficient (Wildman–Crippen LogP) is 3.94. The molecule has 0 unspecified atom stereocenters. The molecule has 0 bridgehead atoms. The highest BCUT2D eigenvalue weighted by Crippen LogP contribution is 2.23. The second-order valence-corrected chi connectivity index (χ2v) is 6.09. The van der Waals surface area contributed by atoms with Gasteiger partial charge in [0.2, 0.25) is 0 Å². The first-order chi connectivity index (χ1) is 12.4. The van der Waals surface area contributed by atoms with Gasteiger partial charge in [0.15, 0.2) is 0 Å². The minimum Gasteiger partial charge on any atom is -0.406 e. The van der Waals surface area contributed by atoms with Crippen molar-refractivity contribution in [3.63, 3.8) is 0 Å². The van der Waals surface area contributed by atoms with Crippen LogP contribution < -0.4 is 10.1 Å². The first-order valence-electron chi connectivity index (χ1n) is 7.61. The summed E-state index contributed by atoms with van der Waals surface area (Å²) in [5, 5.41) is 11.0. The molecule has 0 saturated carbocycles. The molecule has 1 amide bonds. The van der Waals surface area contributed by atoms with E-state index in [-0.39, 0.29) is 12.1 Å². The number of aromatic nitrogens is 2. The topological polar surface area (TPSA) is 56.2 Å². The second-order valence-electron chi connectivity index (χ2n) is 5.31. The number of rotatable bonds is 6. The highest BCUT2D eigenvalue weighted by Gasteiger charge is 2.31. The minimum atomic E-state index is -4.80. The lowest BCUT2D eigenvalue weighted by Gasteiger charge is -2.10. The van der Waals surface area contributed by atoms with Crippen LogP contribution in [0.15, 0.2) is 53.4 Å². The van der Waals surface area contributed by atoms with E-state index in [4.69, 9.17) is 0 Å². The van der Waals surface area contributed by atoms with E-state index in [9.17, 15) is 18.0 Å². The van der Waals surface area contributed by atoms with E-state index in [1.54, 1.807) is 22.2 Å². The number of ether oxygens (including phenoxy) is 1. The maximum Gasteiger partial charge on any atom is 0.573 e. The molecule has 0 atom stereocenters. The first-order valence-corrected chi connectivity index (χ1v) is 8.55. The summed E-state index contributed by atoms with van der Waals surface area (Å²) in [4.78, 5) is 12.1. The Morgan fingerprint density at radius 2 is 2.12 bits per heavy atom. The zero-order valence-corrected chi connectivity index (χ0v) is 14.2. The number of carbonyl (C=O) groups excluding carboxylic acids is 1. The van der Waals surface area contributed by atoms with Gasteiger partial charge in [-0.25, -0.2) is 0 Å². The van der Waals surface area contributed by atoms with Crippen LogP contribution in [0.5, 0.6) is 5.75 Å². The molecule has 0 spiro atoms. The molecule has 1 aromatic carbocycles. The van der Waals surface area contributed by atoms with Crippen molar-refractivity contribution in [2.24, 2.45) is 0 Å². The van der Waals surface area contributed by atoms with Gasteiger partial charge >= 0.3 is 6.36 Å². The number of hydrogen-bond acceptors (Lipinski definition) is 4. The highest BCUT2D eigenvalue weighted by atomic mass is 32.1. The van der Waals surface area contributed by atoms with Crippen LogP contribution >= 0.6 is 11.3 Å². The van der Waals surface area contributed by atoms with Crippen LogP contribution in [-0.4, -0.2) is 28.6 Å². The molecule has 1 N–H and O–H groups in total. The van der Waals surface area contributed by atoms with Crippen molar-refractivity contribution in [3.8, 4) is 17.0 Å². The molecule has 0 aliphatic rings. The first kappa shape index (κ1) is 18.0. The molecule has 3 rings (SSSR count). The van der Waals surface area contributed by atoms with Gasteiger partial charge in [-0.1, -0.05) is 6.07 Å². The van der Waals surface area contributed by atoms with Crippen LogP contribution in [0.25, 0.3) is 11.3 Å². The number of nitrogens with one attached hydrogen (secondary N) is 1. The summed E-state index contributed by atoms with van der Waals surface area (Å²) in [7, 11) is 0. The quantitative estimate of drug-likeness (QED) is 0.704. The van der Waals surface area contributed by atoms with Crippen molar-refractivity contribution in [3.05, 3.63) is 58.9 Å². The number of nitrogens with zero attached hydrogens (tertiary/aromatic N) is 2. The zero-order valence-electron chi connectivity index (χ0n) is 13.4. The minimum absolute atomic E-state index is 0.0891. The van der Waals surface area contributed by atoms with Gasteiger partial charge in [-0.15, -0.1) is 13.2 Å². The lowest BCUT2D eigenvalue weighted by molar-refractivity contribution is -0.274. The molecule has 136 valence electrons. The Balaban J connectivity index is 1.54. The summed E-state index contributed by atoms with van der Waals surface area (Å²) in [6, 6.07) is 8.78. The summed E-state index contributed by atoms with van der Waals surface area (Å²) < 4.78 is 42.2. The van der Waals surface area contributed by atoms with E-state index in [0.717, 1.165) is 23.4 Å². The van der Waals surface area contributed by atoms with Crippen LogP contribution in [0.4, 0.5) is 13.2 Å². The smallest absolute Gasteiger partial charge is 0.406 e. The van der Waals surface area contributed by atoms with Crippen LogP contribution in [0.1, 0.15) is 10.4 Å². The summed E-state index contributed by atoms with van der Waals surface area (Å²) in [6.45, 7) is 0.725. The molecule has 0 aliphatic heterocycles. The van der Waals surface area contributed by atoms with Crippen LogP contribution in [0.2, 0.25) is 0 Å². The van der Waals surface area contributed by atoms with E-state index < -0.39 is 18.0 Å². The van der Waals surface area contributed by atoms with Crippen molar-refractivity contribution >= 4 is 17.2 Å². The monoisotopic (exact) mass is 381 g/mol. The number of hydrogen-bond donors (Lipinski definition) is 1. The van der Waals surface area contributed by atoms with E-state index in [2.05, 4.69) is 15.2 Å². The Bertz CT molecular complexity index is 876. The molecule has 0 radical (unpaired) electrons. The average molecular weight is 381 g/mol. The van der Waals surface area contributed by atoms with E-state index in [0.29, 0.717) is 6.54 Å². The third kappa shape index (κ3) is 4.85. The lowest BCUT2D eigenvalue weighted by atomic mass is 10.2. The Labute approximate surface area is 151 Å². The summed E-state index contributed by atoms with van der Waals surface area (Å²) in [5.74, 6) is -0.916. The van der Waals surface area contributed by atoms with Crippen molar-refractivity contribution in [2.45, 2.75) is 12.9 Å². The van der Waals surface area contributed by atoms with Crippen molar-refractivity contribution in [1.29, 1.82) is 0 Å². The number of amides is 1. The summed E-state index contributed by atoms with van der Waals surface area (Å²) in [6.07, 6.45) is -2.99. The van der Waals surface area contributed by atoms with Crippen LogP contribution in [0.3, 0.4) is 0 Å². The summed E-state index contributed by atoms with van der Waals surface area (Å²) in [5.41, 5.74) is 1.96. The van der Waals surface area contributed by atoms with Gasteiger partial charge in [-0.05, 0) is 35.7 Å². The highest BCUT2D eigenvalue weighted by molar-refractivity contribution is 7.08. The van der Waals surface area contributed by atoms with Crippen LogP contribution in [0, 0.1) is 0 Å². The maximum absolute atomic E-state index is 12.2. The Morgan fingerprint density at radius 1 is 1.27 bits per heavy atom. The molecule has 2 aromatic heterocycles. The lowest BCUT2D eigenvalue weighted by Crippen LogP contribution is -2.27. The fourth-order valence-electron chi connectivity index (χ4n) is 2.27. The molecular weight excluding hydrogens is 367 g/mol. The maximum atomic E-state index is 12.2. The number of thiophene rings is 1. The van der Waals surface area contributed by atoms with Gasteiger partial charge in [0, 0.05) is 29.2 Å². The molecule has 9 heteroatoms. The Kier molecular flexibility index (Phi) is 5.27. The zero-order chi connectivity index (χ0) is 18.6. The number of halogens is 3. The molecule has 0 aliphatic carbocycles. The molecule has 0 fully saturated rings. The fraction of sp³-hybridized carbons (Fsp3) is 0.176. The largest absolute Gasteiger partial charge is 0.573 e. The van der Waals surface area contributed by atoms with Gasteiger partial charge in [0.25, 0.3) is 5.91 Å². The number of carbonyl (C=O) groups is 1. The van der Waals surface area contributed by atoms with Gasteiger partial charge in [-0.3, -0.25) is 9.48 Å². The third-order valence-electron chi connectivity index (χ3n) is 3.41. The van der Waals surface area contributed by atoms with Gasteiger partial charge in [0.05, 0.1) is 12.2 Å². The normalized spacial score (nSPS) is 11.3. The SMILES string of the molecule is O=C(NCCn1ccc(-c2ccsc2)n1)c1cccc(OC(F)(F)F)c1. The molecule has 2 heterocycles. The van der Waals surface area contributed by atoms with Gasteiger partial charge in [-0.2, -0.15) is 16.4 Å². The molecule has 3 aromatic rings. The van der Waals surface area contributed by atoms with Crippen molar-refractivity contribution in [2.75, 3.05) is 6.54 Å². The average Bonchev–Trinajstić information content (AvgIpc) is 3.24. The molecule has 26 heavy (non-hydrogen) atoms. The van der Waals surface area contributed by atoms with Crippen molar-refractivity contribution < 1.29 is 22.7 Å².